The number of carbonyl (C=O) groups is 2. The molecular weight excluding hydrogens is 268 g/mol. The Bertz CT molecular complexity index is 641. The van der Waals surface area contributed by atoms with E-state index in [2.05, 4.69) is 0 Å². The molecule has 2 N–H and O–H groups in total. The third-order valence-corrected chi connectivity index (χ3v) is 3.45. The van der Waals surface area contributed by atoms with E-state index in [1.54, 1.807) is 23.9 Å². The van der Waals surface area contributed by atoms with E-state index in [0.29, 0.717) is 5.82 Å². The van der Waals surface area contributed by atoms with Crippen LogP contribution in [0.15, 0.2) is 35.7 Å². The summed E-state index contributed by atoms with van der Waals surface area (Å²) >= 11 is 0. The van der Waals surface area contributed by atoms with E-state index in [1.807, 2.05) is 30.3 Å². The van der Waals surface area contributed by atoms with Gasteiger partial charge in [-0.1, -0.05) is 12.1 Å². The number of allylic oxidation sites excluding steroid dienone is 1. The lowest BCUT2D eigenvalue weighted by Crippen LogP contribution is -2.26. The molecule has 6 heteroatoms. The molecule has 1 aromatic rings. The first-order valence-electron chi connectivity index (χ1n) is 6.49. The molecule has 0 fully saturated rings. The van der Waals surface area contributed by atoms with Crippen LogP contribution in [0.3, 0.4) is 0 Å². The fourth-order valence-corrected chi connectivity index (χ4v) is 2.42. The predicted molar refractivity (Wildman–Crippen MR) is 79.3 cm³/mol. The summed E-state index contributed by atoms with van der Waals surface area (Å²) in [6.07, 6.45) is -0.114. The van der Waals surface area contributed by atoms with Crippen molar-refractivity contribution in [3.63, 3.8) is 0 Å². The number of hydrogen-bond acceptors (Lipinski definition) is 5. The standard InChI is InChI=1S/C15H16N4O2/c1-18-11-5-3-4-6-12(11)19(2)15(18)10(9-16)13(20)7-8-14(17)21/h3-6H,7-8H2,1-2H3,(H2,17,21). The molecule has 1 amide bonds. The highest BCUT2D eigenvalue weighted by Crippen LogP contribution is 2.40. The first-order valence-corrected chi connectivity index (χ1v) is 6.49. The zero-order chi connectivity index (χ0) is 15.6. The van der Waals surface area contributed by atoms with Crippen LogP contribution in [-0.2, 0) is 9.59 Å². The van der Waals surface area contributed by atoms with Gasteiger partial charge in [-0.15, -0.1) is 0 Å². The lowest BCUT2D eigenvalue weighted by atomic mass is 10.1. The van der Waals surface area contributed by atoms with Crippen LogP contribution in [0.1, 0.15) is 12.8 Å². The van der Waals surface area contributed by atoms with E-state index in [0.717, 1.165) is 11.4 Å². The van der Waals surface area contributed by atoms with Gasteiger partial charge in [-0.2, -0.15) is 5.26 Å². The molecule has 0 unspecified atom stereocenters. The zero-order valence-corrected chi connectivity index (χ0v) is 12.0. The Hall–Kier alpha value is -2.81. The number of Topliss-reactive ketones (excluding diaryl/α,β-unsaturated/α-hetero) is 1. The lowest BCUT2D eigenvalue weighted by molar-refractivity contribution is -0.121. The molecule has 0 bridgehead atoms. The average Bonchev–Trinajstić information content (AvgIpc) is 2.72. The second kappa shape index (κ2) is 5.67. The maximum atomic E-state index is 12.2. The number of hydrogen-bond donors (Lipinski definition) is 1. The minimum atomic E-state index is -0.554. The molecule has 0 aliphatic carbocycles. The van der Waals surface area contributed by atoms with Gasteiger partial charge >= 0.3 is 0 Å². The van der Waals surface area contributed by atoms with Crippen molar-refractivity contribution in [2.75, 3.05) is 23.9 Å². The molecule has 0 atom stereocenters. The van der Waals surface area contributed by atoms with Gasteiger partial charge in [0.2, 0.25) is 5.91 Å². The summed E-state index contributed by atoms with van der Waals surface area (Å²) < 4.78 is 0. The number of para-hydroxylation sites is 2. The summed E-state index contributed by atoms with van der Waals surface area (Å²) in [5.74, 6) is -0.409. The SMILES string of the molecule is CN1C(=C(C#N)C(=O)CCC(N)=O)N(C)c2ccccc21. The van der Waals surface area contributed by atoms with Crippen molar-refractivity contribution in [2.24, 2.45) is 5.73 Å². The fourth-order valence-electron chi connectivity index (χ4n) is 2.42. The molecule has 1 aromatic carbocycles. The predicted octanol–water partition coefficient (Wildman–Crippen LogP) is 1.14. The van der Waals surface area contributed by atoms with Crippen LogP contribution in [0.25, 0.3) is 0 Å². The van der Waals surface area contributed by atoms with Crippen molar-refractivity contribution >= 4 is 23.1 Å². The van der Waals surface area contributed by atoms with E-state index in [1.165, 1.54) is 0 Å². The van der Waals surface area contributed by atoms with Gasteiger partial charge in [-0.3, -0.25) is 9.59 Å². The molecule has 6 nitrogen and oxygen atoms in total. The Morgan fingerprint density at radius 2 is 1.67 bits per heavy atom. The third-order valence-electron chi connectivity index (χ3n) is 3.45. The number of nitrogens with zero attached hydrogens (tertiary/aromatic N) is 3. The molecule has 0 spiro atoms. The molecule has 2 rings (SSSR count). The summed E-state index contributed by atoms with van der Waals surface area (Å²) in [5, 5.41) is 9.34. The van der Waals surface area contributed by atoms with E-state index in [-0.39, 0.29) is 24.2 Å². The molecular formula is C15H16N4O2. The lowest BCUT2D eigenvalue weighted by Gasteiger charge is -2.19. The van der Waals surface area contributed by atoms with Crippen molar-refractivity contribution in [1.29, 1.82) is 5.26 Å². The maximum Gasteiger partial charge on any atom is 0.217 e. The minimum Gasteiger partial charge on any atom is -0.370 e. The van der Waals surface area contributed by atoms with Crippen LogP contribution in [0.5, 0.6) is 0 Å². The second-order valence-electron chi connectivity index (χ2n) is 4.81. The number of primary amides is 1. The molecule has 1 aliphatic heterocycles. The highest BCUT2D eigenvalue weighted by Gasteiger charge is 2.31. The Morgan fingerprint density at radius 3 is 2.10 bits per heavy atom. The van der Waals surface area contributed by atoms with E-state index < -0.39 is 5.91 Å². The number of benzene rings is 1. The van der Waals surface area contributed by atoms with Crippen LogP contribution < -0.4 is 15.5 Å². The molecule has 0 aromatic heterocycles. The number of carbonyl (C=O) groups excluding carboxylic acids is 2. The molecule has 0 saturated heterocycles. The molecule has 1 aliphatic rings. The largest absolute Gasteiger partial charge is 0.370 e. The molecule has 108 valence electrons. The smallest absolute Gasteiger partial charge is 0.217 e. The van der Waals surface area contributed by atoms with E-state index in [4.69, 9.17) is 5.73 Å². The summed E-state index contributed by atoms with van der Waals surface area (Å²) in [6, 6.07) is 9.59. The fraction of sp³-hybridized carbons (Fsp3) is 0.267. The first-order chi connectivity index (χ1) is 9.97. The van der Waals surface area contributed by atoms with Crippen LogP contribution in [0.2, 0.25) is 0 Å². The van der Waals surface area contributed by atoms with Gasteiger partial charge in [-0.05, 0) is 12.1 Å². The monoisotopic (exact) mass is 284 g/mol. The summed E-state index contributed by atoms with van der Waals surface area (Å²) in [6.45, 7) is 0. The van der Waals surface area contributed by atoms with Crippen LogP contribution in [0.4, 0.5) is 11.4 Å². The Balaban J connectivity index is 2.41. The number of anilines is 2. The van der Waals surface area contributed by atoms with Crippen molar-refractivity contribution in [1.82, 2.24) is 0 Å². The summed E-state index contributed by atoms with van der Waals surface area (Å²) in [7, 11) is 3.60. The number of nitrogens with two attached hydrogens (primary N) is 1. The number of fused-ring (bicyclic) bond motifs is 1. The average molecular weight is 284 g/mol. The highest BCUT2D eigenvalue weighted by atomic mass is 16.1. The number of nitriles is 1. The van der Waals surface area contributed by atoms with Gasteiger partial charge in [-0.25, -0.2) is 0 Å². The molecule has 0 radical (unpaired) electrons. The normalized spacial score (nSPS) is 12.9. The molecule has 1 heterocycles. The number of ketones is 1. The Morgan fingerprint density at radius 1 is 1.14 bits per heavy atom. The summed E-state index contributed by atoms with van der Waals surface area (Å²) in [4.78, 5) is 26.6. The van der Waals surface area contributed by atoms with Crippen molar-refractivity contribution in [2.45, 2.75) is 12.8 Å². The molecule has 21 heavy (non-hydrogen) atoms. The Labute approximate surface area is 123 Å². The topological polar surface area (TPSA) is 90.4 Å². The van der Waals surface area contributed by atoms with Gasteiger partial charge in [0.05, 0.1) is 11.4 Å². The van der Waals surface area contributed by atoms with Gasteiger partial charge in [0.1, 0.15) is 17.5 Å². The van der Waals surface area contributed by atoms with Crippen molar-refractivity contribution in [3.05, 3.63) is 35.7 Å². The maximum absolute atomic E-state index is 12.2. The van der Waals surface area contributed by atoms with E-state index >= 15 is 0 Å². The van der Waals surface area contributed by atoms with Gasteiger partial charge in [0.15, 0.2) is 5.78 Å². The number of rotatable bonds is 4. The number of amides is 1. The van der Waals surface area contributed by atoms with Gasteiger partial charge in [0, 0.05) is 26.9 Å². The first kappa shape index (κ1) is 14.6. The van der Waals surface area contributed by atoms with E-state index in [9.17, 15) is 14.9 Å². The van der Waals surface area contributed by atoms with Crippen LogP contribution in [0, 0.1) is 11.3 Å². The van der Waals surface area contributed by atoms with Crippen molar-refractivity contribution < 1.29 is 9.59 Å². The third kappa shape index (κ3) is 2.58. The zero-order valence-electron chi connectivity index (χ0n) is 12.0. The summed E-state index contributed by atoms with van der Waals surface area (Å²) in [5.41, 5.74) is 6.93. The molecule has 0 saturated carbocycles. The highest BCUT2D eigenvalue weighted by molar-refractivity contribution is 6.03. The van der Waals surface area contributed by atoms with Gasteiger partial charge in [0.25, 0.3) is 0 Å². The van der Waals surface area contributed by atoms with Crippen LogP contribution in [-0.4, -0.2) is 25.8 Å². The quantitative estimate of drug-likeness (QED) is 0.661. The van der Waals surface area contributed by atoms with Crippen molar-refractivity contribution in [3.8, 4) is 6.07 Å². The second-order valence-corrected chi connectivity index (χ2v) is 4.81. The Kier molecular flexibility index (Phi) is 3.94. The minimum absolute atomic E-state index is 0.0393. The van der Waals surface area contributed by atoms with Gasteiger partial charge < -0.3 is 15.5 Å². The van der Waals surface area contributed by atoms with Crippen LogP contribution >= 0.6 is 0 Å².